The Labute approximate surface area is 120 Å². The van der Waals surface area contributed by atoms with Crippen LogP contribution in [0.1, 0.15) is 27.7 Å². The van der Waals surface area contributed by atoms with Gasteiger partial charge in [0.1, 0.15) is 4.90 Å². The van der Waals surface area contributed by atoms with Crippen molar-refractivity contribution in [3.05, 3.63) is 18.5 Å². The minimum absolute atomic E-state index is 0.0340. The van der Waals surface area contributed by atoms with E-state index < -0.39 is 15.6 Å². The molecule has 114 valence electrons. The fourth-order valence-electron chi connectivity index (χ4n) is 1.86. The minimum Gasteiger partial charge on any atom is -0.389 e. The molecule has 0 aromatic carbocycles. The molecule has 0 fully saturated rings. The first-order valence-corrected chi connectivity index (χ1v) is 8.06. The fourth-order valence-corrected chi connectivity index (χ4v) is 3.58. The Kier molecular flexibility index (Phi) is 5.50. The molecular weight excluding hydrogens is 278 g/mol. The largest absolute Gasteiger partial charge is 0.389 e. The summed E-state index contributed by atoms with van der Waals surface area (Å²) in [6.07, 6.45) is 2.88. The summed E-state index contributed by atoms with van der Waals surface area (Å²) in [5, 5.41) is 12.9. The van der Waals surface area contributed by atoms with Crippen molar-refractivity contribution in [2.75, 3.05) is 25.0 Å². The normalized spacial score (nSPS) is 12.7. The number of aromatic nitrogens is 1. The van der Waals surface area contributed by atoms with Crippen LogP contribution in [0.4, 0.5) is 5.69 Å². The van der Waals surface area contributed by atoms with E-state index >= 15 is 0 Å². The van der Waals surface area contributed by atoms with Gasteiger partial charge in [0, 0.05) is 32.0 Å². The van der Waals surface area contributed by atoms with Gasteiger partial charge >= 0.3 is 0 Å². The van der Waals surface area contributed by atoms with Crippen LogP contribution in [-0.4, -0.2) is 48.0 Å². The zero-order valence-electron chi connectivity index (χ0n) is 12.4. The molecule has 7 heteroatoms. The summed E-state index contributed by atoms with van der Waals surface area (Å²) in [6.45, 7) is 7.74. The molecule has 1 rings (SSSR count). The van der Waals surface area contributed by atoms with Crippen LogP contribution in [0, 0.1) is 0 Å². The average Bonchev–Trinajstić information content (AvgIpc) is 2.35. The minimum atomic E-state index is -3.69. The Morgan fingerprint density at radius 3 is 2.55 bits per heavy atom. The van der Waals surface area contributed by atoms with Gasteiger partial charge in [0.25, 0.3) is 0 Å². The van der Waals surface area contributed by atoms with Gasteiger partial charge in [0.2, 0.25) is 10.0 Å². The van der Waals surface area contributed by atoms with E-state index in [1.807, 2.05) is 6.92 Å². The molecule has 2 N–H and O–H groups in total. The number of likely N-dealkylation sites (N-methyl/N-ethyl adjacent to an activating group) is 1. The summed E-state index contributed by atoms with van der Waals surface area (Å²) in [4.78, 5) is 4.03. The van der Waals surface area contributed by atoms with E-state index in [0.717, 1.165) is 0 Å². The summed E-state index contributed by atoms with van der Waals surface area (Å²) in [7, 11) is -3.69. The van der Waals surface area contributed by atoms with Gasteiger partial charge in [-0.05, 0) is 26.8 Å². The van der Waals surface area contributed by atoms with Gasteiger partial charge in [-0.1, -0.05) is 6.92 Å². The average molecular weight is 301 g/mol. The second-order valence-electron chi connectivity index (χ2n) is 5.15. The van der Waals surface area contributed by atoms with E-state index in [-0.39, 0.29) is 18.0 Å². The lowest BCUT2D eigenvalue weighted by Crippen LogP contribution is -2.42. The molecule has 0 atom stereocenters. The predicted octanol–water partition coefficient (Wildman–Crippen LogP) is 1.29. The molecule has 1 aromatic rings. The van der Waals surface area contributed by atoms with Crippen LogP contribution in [-0.2, 0) is 10.0 Å². The van der Waals surface area contributed by atoms with Crippen molar-refractivity contribution in [2.45, 2.75) is 38.2 Å². The van der Waals surface area contributed by atoms with Crippen molar-refractivity contribution >= 4 is 15.7 Å². The van der Waals surface area contributed by atoms with Crippen LogP contribution in [0.15, 0.2) is 23.4 Å². The number of nitrogens with zero attached hydrogens (tertiary/aromatic N) is 2. The molecule has 0 aliphatic carbocycles. The van der Waals surface area contributed by atoms with Crippen molar-refractivity contribution in [1.82, 2.24) is 9.29 Å². The molecule has 20 heavy (non-hydrogen) atoms. The Morgan fingerprint density at radius 1 is 1.40 bits per heavy atom. The first kappa shape index (κ1) is 16.9. The number of hydrogen-bond donors (Lipinski definition) is 2. The summed E-state index contributed by atoms with van der Waals surface area (Å²) in [5.74, 6) is 0. The lowest BCUT2D eigenvalue weighted by Gasteiger charge is -2.28. The molecule has 6 nitrogen and oxygen atoms in total. The number of nitrogens with one attached hydrogen (secondary N) is 1. The van der Waals surface area contributed by atoms with Crippen LogP contribution >= 0.6 is 0 Å². The van der Waals surface area contributed by atoms with E-state index in [1.165, 1.54) is 10.5 Å². The molecule has 0 aliphatic heterocycles. The molecule has 0 spiro atoms. The van der Waals surface area contributed by atoms with E-state index in [1.54, 1.807) is 33.0 Å². The first-order valence-electron chi connectivity index (χ1n) is 6.62. The van der Waals surface area contributed by atoms with Crippen LogP contribution in [0.2, 0.25) is 0 Å². The monoisotopic (exact) mass is 301 g/mol. The van der Waals surface area contributed by atoms with Crippen molar-refractivity contribution in [3.63, 3.8) is 0 Å². The number of anilines is 1. The van der Waals surface area contributed by atoms with Crippen molar-refractivity contribution in [2.24, 2.45) is 0 Å². The SMILES string of the molecule is CCNc1ccncc1S(=O)(=O)N(CC)CC(C)(C)O. The Bertz CT molecular complexity index is 538. The van der Waals surface area contributed by atoms with Crippen LogP contribution in [0.3, 0.4) is 0 Å². The number of hydrogen-bond acceptors (Lipinski definition) is 5. The van der Waals surface area contributed by atoms with E-state index in [2.05, 4.69) is 10.3 Å². The highest BCUT2D eigenvalue weighted by Gasteiger charge is 2.30. The molecule has 0 amide bonds. The molecule has 1 aromatic heterocycles. The highest BCUT2D eigenvalue weighted by molar-refractivity contribution is 7.89. The fraction of sp³-hybridized carbons (Fsp3) is 0.615. The summed E-state index contributed by atoms with van der Waals surface area (Å²) in [5.41, 5.74) is -0.569. The molecule has 0 bridgehead atoms. The zero-order valence-corrected chi connectivity index (χ0v) is 13.2. The van der Waals surface area contributed by atoms with Gasteiger partial charge in [0.15, 0.2) is 0 Å². The summed E-state index contributed by atoms with van der Waals surface area (Å²) < 4.78 is 26.6. The number of rotatable bonds is 7. The molecule has 0 radical (unpaired) electrons. The van der Waals surface area contributed by atoms with E-state index in [4.69, 9.17) is 0 Å². The maximum absolute atomic E-state index is 12.7. The van der Waals surface area contributed by atoms with Crippen LogP contribution in [0.5, 0.6) is 0 Å². The molecule has 0 unspecified atom stereocenters. The third-order valence-electron chi connectivity index (χ3n) is 2.69. The van der Waals surface area contributed by atoms with Crippen molar-refractivity contribution < 1.29 is 13.5 Å². The maximum atomic E-state index is 12.7. The van der Waals surface area contributed by atoms with E-state index in [9.17, 15) is 13.5 Å². The molecule has 0 saturated heterocycles. The van der Waals surface area contributed by atoms with Gasteiger partial charge < -0.3 is 10.4 Å². The number of pyridine rings is 1. The van der Waals surface area contributed by atoms with Gasteiger partial charge in [-0.3, -0.25) is 4.98 Å². The Morgan fingerprint density at radius 2 is 2.05 bits per heavy atom. The van der Waals surface area contributed by atoms with E-state index in [0.29, 0.717) is 12.2 Å². The van der Waals surface area contributed by atoms with Crippen molar-refractivity contribution in [1.29, 1.82) is 0 Å². The van der Waals surface area contributed by atoms with Crippen LogP contribution < -0.4 is 5.32 Å². The standard InChI is InChI=1S/C13H23N3O3S/c1-5-15-11-7-8-14-9-12(11)20(18,19)16(6-2)10-13(3,4)17/h7-9,17H,5-6,10H2,1-4H3,(H,14,15). The van der Waals surface area contributed by atoms with Crippen LogP contribution in [0.25, 0.3) is 0 Å². The smallest absolute Gasteiger partial charge is 0.246 e. The topological polar surface area (TPSA) is 82.5 Å². The van der Waals surface area contributed by atoms with Gasteiger partial charge in [-0.25, -0.2) is 8.42 Å². The Hall–Kier alpha value is -1.18. The maximum Gasteiger partial charge on any atom is 0.246 e. The first-order chi connectivity index (χ1) is 9.22. The quantitative estimate of drug-likeness (QED) is 0.793. The molecular formula is C13H23N3O3S. The molecule has 1 heterocycles. The lowest BCUT2D eigenvalue weighted by atomic mass is 10.1. The summed E-state index contributed by atoms with van der Waals surface area (Å²) in [6, 6.07) is 1.63. The number of aliphatic hydroxyl groups is 1. The van der Waals surface area contributed by atoms with Crippen molar-refractivity contribution in [3.8, 4) is 0 Å². The molecule has 0 saturated carbocycles. The zero-order chi connectivity index (χ0) is 15.4. The van der Waals surface area contributed by atoms with Gasteiger partial charge in [-0.15, -0.1) is 0 Å². The third kappa shape index (κ3) is 4.16. The lowest BCUT2D eigenvalue weighted by molar-refractivity contribution is 0.0601. The van der Waals surface area contributed by atoms with Gasteiger partial charge in [-0.2, -0.15) is 4.31 Å². The highest BCUT2D eigenvalue weighted by atomic mass is 32.2. The predicted molar refractivity (Wildman–Crippen MR) is 79.1 cm³/mol. The number of sulfonamides is 1. The second kappa shape index (κ2) is 6.51. The van der Waals surface area contributed by atoms with Gasteiger partial charge in [0.05, 0.1) is 11.3 Å². The molecule has 0 aliphatic rings. The second-order valence-corrected chi connectivity index (χ2v) is 7.05. The third-order valence-corrected chi connectivity index (χ3v) is 4.63. The highest BCUT2D eigenvalue weighted by Crippen LogP contribution is 2.24. The Balaban J connectivity index is 3.21. The summed E-state index contributed by atoms with van der Waals surface area (Å²) >= 11 is 0.